The third kappa shape index (κ3) is 1.53. The molecular weight excluding hydrogens is 225 g/mol. The van der Waals surface area contributed by atoms with E-state index in [9.17, 15) is 9.18 Å². The van der Waals surface area contributed by atoms with Crippen molar-refractivity contribution in [2.24, 2.45) is 7.05 Å². The van der Waals surface area contributed by atoms with Crippen LogP contribution in [0.1, 0.15) is 5.56 Å². The number of pyridine rings is 1. The Balaban J connectivity index is 3.02. The predicted octanol–water partition coefficient (Wildman–Crippen LogP) is 2.71. The van der Waals surface area contributed by atoms with Crippen LogP contribution in [0.2, 0.25) is 0 Å². The van der Waals surface area contributed by atoms with Gasteiger partial charge in [-0.3, -0.25) is 4.79 Å². The third-order valence-electron chi connectivity index (χ3n) is 2.77. The summed E-state index contributed by atoms with van der Waals surface area (Å²) in [4.78, 5) is 12.6. The third-order valence-corrected chi connectivity index (χ3v) is 3.66. The van der Waals surface area contributed by atoms with Gasteiger partial charge >= 0.3 is 0 Å². The summed E-state index contributed by atoms with van der Waals surface area (Å²) in [6.07, 6.45) is 1.86. The van der Waals surface area contributed by atoms with Crippen molar-refractivity contribution >= 4 is 22.7 Å². The first-order chi connectivity index (χ1) is 7.56. The molecule has 0 aliphatic rings. The van der Waals surface area contributed by atoms with Crippen LogP contribution in [-0.4, -0.2) is 10.8 Å². The van der Waals surface area contributed by atoms with Crippen molar-refractivity contribution in [2.45, 2.75) is 11.8 Å². The highest BCUT2D eigenvalue weighted by Gasteiger charge is 2.11. The maximum atomic E-state index is 13.2. The normalized spacial score (nSPS) is 11.0. The molecule has 1 heterocycles. The lowest BCUT2D eigenvalue weighted by atomic mass is 10.1. The fourth-order valence-electron chi connectivity index (χ4n) is 1.89. The van der Waals surface area contributed by atoms with Crippen LogP contribution in [0, 0.1) is 12.7 Å². The van der Waals surface area contributed by atoms with Crippen molar-refractivity contribution in [2.75, 3.05) is 6.26 Å². The van der Waals surface area contributed by atoms with Crippen LogP contribution in [0.5, 0.6) is 0 Å². The fourth-order valence-corrected chi connectivity index (χ4v) is 2.61. The van der Waals surface area contributed by atoms with Crippen molar-refractivity contribution < 1.29 is 4.39 Å². The lowest BCUT2D eigenvalue weighted by Gasteiger charge is -2.11. The van der Waals surface area contributed by atoms with Crippen molar-refractivity contribution in [3.8, 4) is 0 Å². The monoisotopic (exact) mass is 237 g/mol. The molecule has 1 aromatic heterocycles. The second-order valence-corrected chi connectivity index (χ2v) is 4.50. The van der Waals surface area contributed by atoms with Crippen LogP contribution in [0.4, 0.5) is 4.39 Å². The van der Waals surface area contributed by atoms with E-state index in [-0.39, 0.29) is 11.4 Å². The molecule has 2 nitrogen and oxygen atoms in total. The molecule has 0 bridgehead atoms. The first-order valence-electron chi connectivity index (χ1n) is 4.89. The highest BCUT2D eigenvalue weighted by Crippen LogP contribution is 2.24. The zero-order valence-corrected chi connectivity index (χ0v) is 10.2. The number of aryl methyl sites for hydroxylation is 2. The van der Waals surface area contributed by atoms with E-state index in [1.165, 1.54) is 23.9 Å². The van der Waals surface area contributed by atoms with E-state index in [2.05, 4.69) is 0 Å². The van der Waals surface area contributed by atoms with Crippen LogP contribution < -0.4 is 5.56 Å². The molecule has 84 valence electrons. The zero-order valence-electron chi connectivity index (χ0n) is 9.37. The Morgan fingerprint density at radius 2 is 2.06 bits per heavy atom. The van der Waals surface area contributed by atoms with E-state index in [0.29, 0.717) is 4.90 Å². The summed E-state index contributed by atoms with van der Waals surface area (Å²) in [6, 6.07) is 4.49. The summed E-state index contributed by atoms with van der Waals surface area (Å²) in [6.45, 7) is 1.86. The number of fused-ring (bicyclic) bond motifs is 1. The van der Waals surface area contributed by atoms with E-state index in [0.717, 1.165) is 16.5 Å². The Labute approximate surface area is 97.1 Å². The average Bonchev–Trinajstić information content (AvgIpc) is 2.27. The number of benzene rings is 1. The fraction of sp³-hybridized carbons (Fsp3) is 0.250. The second kappa shape index (κ2) is 3.94. The van der Waals surface area contributed by atoms with Gasteiger partial charge in [0.15, 0.2) is 0 Å². The predicted molar refractivity (Wildman–Crippen MR) is 65.7 cm³/mol. The Hall–Kier alpha value is -1.29. The standard InChI is InChI=1S/C12H12FNOS/c1-7-9-6-8(13)4-5-10(9)14(2)12(15)11(7)16-3/h4-6H,1-3H3. The minimum atomic E-state index is -0.277. The van der Waals surface area contributed by atoms with Gasteiger partial charge in [-0.05, 0) is 36.9 Å². The van der Waals surface area contributed by atoms with Crippen molar-refractivity contribution in [1.82, 2.24) is 4.57 Å². The summed E-state index contributed by atoms with van der Waals surface area (Å²) in [7, 11) is 1.71. The van der Waals surface area contributed by atoms with Crippen molar-refractivity contribution in [3.05, 3.63) is 39.9 Å². The molecule has 0 atom stereocenters. The number of halogens is 1. The molecule has 2 rings (SSSR count). The lowest BCUT2D eigenvalue weighted by Crippen LogP contribution is -2.20. The maximum absolute atomic E-state index is 13.2. The number of nitrogens with zero attached hydrogens (tertiary/aromatic N) is 1. The van der Waals surface area contributed by atoms with Gasteiger partial charge in [-0.25, -0.2) is 4.39 Å². The summed E-state index contributed by atoms with van der Waals surface area (Å²) in [5.41, 5.74) is 1.59. The Morgan fingerprint density at radius 1 is 1.38 bits per heavy atom. The molecule has 0 radical (unpaired) electrons. The molecule has 0 unspecified atom stereocenters. The van der Waals surface area contributed by atoms with Gasteiger partial charge in [0.1, 0.15) is 5.82 Å². The minimum absolute atomic E-state index is 0.0240. The topological polar surface area (TPSA) is 22.0 Å². The SMILES string of the molecule is CSc1c(C)c2cc(F)ccc2n(C)c1=O. The van der Waals surface area contributed by atoms with Crippen LogP contribution in [-0.2, 0) is 7.05 Å². The molecule has 2 aromatic rings. The molecule has 1 aromatic carbocycles. The number of thioether (sulfide) groups is 1. The molecule has 0 saturated carbocycles. The van der Waals surface area contributed by atoms with E-state index in [4.69, 9.17) is 0 Å². The first kappa shape index (κ1) is 11.2. The molecule has 0 fully saturated rings. The summed E-state index contributed by atoms with van der Waals surface area (Å²) in [5.74, 6) is -0.277. The molecule has 4 heteroatoms. The molecule has 0 spiro atoms. The van der Waals surface area contributed by atoms with Crippen molar-refractivity contribution in [1.29, 1.82) is 0 Å². The van der Waals surface area contributed by atoms with Gasteiger partial charge in [-0.1, -0.05) is 0 Å². The van der Waals surface area contributed by atoms with Gasteiger partial charge in [0.05, 0.1) is 10.4 Å². The minimum Gasteiger partial charge on any atom is -0.310 e. The van der Waals surface area contributed by atoms with Crippen molar-refractivity contribution in [3.63, 3.8) is 0 Å². The van der Waals surface area contributed by atoms with E-state index in [1.807, 2.05) is 13.2 Å². The van der Waals surface area contributed by atoms with Gasteiger partial charge in [0.2, 0.25) is 0 Å². The smallest absolute Gasteiger partial charge is 0.264 e. The van der Waals surface area contributed by atoms with Gasteiger partial charge in [-0.2, -0.15) is 0 Å². The molecule has 0 aliphatic carbocycles. The Morgan fingerprint density at radius 3 is 2.69 bits per heavy atom. The number of hydrogen-bond donors (Lipinski definition) is 0. The van der Waals surface area contributed by atoms with Gasteiger partial charge < -0.3 is 4.57 Å². The van der Waals surface area contributed by atoms with Gasteiger partial charge in [0, 0.05) is 12.4 Å². The zero-order chi connectivity index (χ0) is 11.9. The first-order valence-corrected chi connectivity index (χ1v) is 6.11. The van der Waals surface area contributed by atoms with Gasteiger partial charge in [-0.15, -0.1) is 11.8 Å². The van der Waals surface area contributed by atoms with Gasteiger partial charge in [0.25, 0.3) is 5.56 Å². The molecule has 0 aliphatic heterocycles. The second-order valence-electron chi connectivity index (χ2n) is 3.68. The molecule has 0 N–H and O–H groups in total. The van der Waals surface area contributed by atoms with Crippen LogP contribution in [0.25, 0.3) is 10.9 Å². The van der Waals surface area contributed by atoms with Crippen LogP contribution in [0.15, 0.2) is 27.9 Å². The largest absolute Gasteiger partial charge is 0.310 e. The number of aromatic nitrogens is 1. The molecule has 0 amide bonds. The quantitative estimate of drug-likeness (QED) is 0.711. The number of rotatable bonds is 1. The summed E-state index contributed by atoms with van der Waals surface area (Å²) in [5, 5.41) is 0.798. The summed E-state index contributed by atoms with van der Waals surface area (Å²) >= 11 is 1.40. The highest BCUT2D eigenvalue weighted by atomic mass is 32.2. The van der Waals surface area contributed by atoms with E-state index < -0.39 is 0 Å². The molecule has 0 saturated heterocycles. The Bertz CT molecular complexity index is 618. The van der Waals surface area contributed by atoms with Crippen LogP contribution >= 0.6 is 11.8 Å². The average molecular weight is 237 g/mol. The maximum Gasteiger partial charge on any atom is 0.264 e. The number of hydrogen-bond acceptors (Lipinski definition) is 2. The molecule has 16 heavy (non-hydrogen) atoms. The van der Waals surface area contributed by atoms with E-state index >= 15 is 0 Å². The van der Waals surface area contributed by atoms with Crippen LogP contribution in [0.3, 0.4) is 0 Å². The molecular formula is C12H12FNOS. The lowest BCUT2D eigenvalue weighted by molar-refractivity contribution is 0.629. The summed E-state index contributed by atoms with van der Waals surface area (Å²) < 4.78 is 14.8. The highest BCUT2D eigenvalue weighted by molar-refractivity contribution is 7.98. The van der Waals surface area contributed by atoms with E-state index in [1.54, 1.807) is 17.7 Å². The Kier molecular flexibility index (Phi) is 2.76.